The fraction of sp³-hybridized carbons (Fsp3) is 0.312. The average Bonchev–Trinajstić information content (AvgIpc) is 2.49. The number of anilines is 1. The Morgan fingerprint density at radius 3 is 2.26 bits per heavy atom. The zero-order valence-electron chi connectivity index (χ0n) is 11.4. The Morgan fingerprint density at radius 1 is 1.00 bits per heavy atom. The van der Waals surface area contributed by atoms with Crippen LogP contribution < -0.4 is 10.6 Å². The van der Waals surface area contributed by atoms with Gasteiger partial charge in [-0.3, -0.25) is 4.98 Å². The highest BCUT2D eigenvalue weighted by Crippen LogP contribution is 2.15. The second kappa shape index (κ2) is 6.90. The van der Waals surface area contributed by atoms with Crippen LogP contribution in [0.5, 0.6) is 0 Å². The largest absolute Gasteiger partial charge is 0.371 e. The topological polar surface area (TPSA) is 42.2 Å². The number of nitrogens with two attached hydrogens (primary N) is 1. The maximum atomic E-state index is 5.62. The third-order valence-corrected chi connectivity index (χ3v) is 3.34. The van der Waals surface area contributed by atoms with Gasteiger partial charge in [-0.2, -0.15) is 0 Å². The van der Waals surface area contributed by atoms with Gasteiger partial charge in [-0.25, -0.2) is 0 Å². The molecule has 0 saturated carbocycles. The van der Waals surface area contributed by atoms with E-state index in [-0.39, 0.29) is 0 Å². The molecule has 0 saturated heterocycles. The van der Waals surface area contributed by atoms with Crippen molar-refractivity contribution in [2.75, 3.05) is 18.0 Å². The standard InChI is InChI=1S/C16H21N3/c1-2-19(12-9-14-7-10-18-11-8-14)16-5-3-15(13-17)4-6-16/h3-8,10-11H,2,9,12-13,17H2,1H3. The van der Waals surface area contributed by atoms with E-state index < -0.39 is 0 Å². The van der Waals surface area contributed by atoms with Crippen molar-refractivity contribution in [3.05, 3.63) is 59.9 Å². The van der Waals surface area contributed by atoms with E-state index in [2.05, 4.69) is 53.2 Å². The van der Waals surface area contributed by atoms with Gasteiger partial charge in [0.05, 0.1) is 0 Å². The Bertz CT molecular complexity index is 479. The number of likely N-dealkylation sites (N-methyl/N-ethyl adjacent to an activating group) is 1. The molecule has 0 spiro atoms. The molecular weight excluding hydrogens is 234 g/mol. The first-order chi connectivity index (χ1) is 9.33. The lowest BCUT2D eigenvalue weighted by atomic mass is 10.1. The van der Waals surface area contributed by atoms with Crippen LogP contribution in [0.1, 0.15) is 18.1 Å². The van der Waals surface area contributed by atoms with Crippen LogP contribution in [-0.2, 0) is 13.0 Å². The van der Waals surface area contributed by atoms with Gasteiger partial charge >= 0.3 is 0 Å². The second-order valence-corrected chi connectivity index (χ2v) is 4.56. The lowest BCUT2D eigenvalue weighted by molar-refractivity contribution is 0.807. The fourth-order valence-corrected chi connectivity index (χ4v) is 2.13. The van der Waals surface area contributed by atoms with Crippen LogP contribution in [0, 0.1) is 0 Å². The number of pyridine rings is 1. The summed E-state index contributed by atoms with van der Waals surface area (Å²) in [6, 6.07) is 12.7. The van der Waals surface area contributed by atoms with E-state index in [1.807, 2.05) is 12.4 Å². The molecule has 2 rings (SSSR count). The molecule has 0 fully saturated rings. The SMILES string of the molecule is CCN(CCc1ccncc1)c1ccc(CN)cc1. The summed E-state index contributed by atoms with van der Waals surface area (Å²) in [5.74, 6) is 0. The molecule has 0 amide bonds. The number of hydrogen-bond acceptors (Lipinski definition) is 3. The van der Waals surface area contributed by atoms with E-state index in [0.29, 0.717) is 6.54 Å². The number of hydrogen-bond donors (Lipinski definition) is 1. The first kappa shape index (κ1) is 13.6. The summed E-state index contributed by atoms with van der Waals surface area (Å²) in [4.78, 5) is 6.42. The molecule has 19 heavy (non-hydrogen) atoms. The predicted molar refractivity (Wildman–Crippen MR) is 80.2 cm³/mol. The minimum Gasteiger partial charge on any atom is -0.371 e. The van der Waals surface area contributed by atoms with Crippen molar-refractivity contribution in [2.24, 2.45) is 5.73 Å². The Balaban J connectivity index is 1.99. The number of nitrogens with zero attached hydrogens (tertiary/aromatic N) is 2. The molecule has 2 aromatic rings. The van der Waals surface area contributed by atoms with Crippen molar-refractivity contribution < 1.29 is 0 Å². The molecule has 1 aromatic carbocycles. The van der Waals surface area contributed by atoms with Crippen molar-refractivity contribution in [3.63, 3.8) is 0 Å². The van der Waals surface area contributed by atoms with Gasteiger partial charge in [0.25, 0.3) is 0 Å². The van der Waals surface area contributed by atoms with Gasteiger partial charge in [0.1, 0.15) is 0 Å². The highest BCUT2D eigenvalue weighted by molar-refractivity contribution is 5.47. The lowest BCUT2D eigenvalue weighted by Gasteiger charge is -2.23. The molecular formula is C16H21N3. The average molecular weight is 255 g/mol. The van der Waals surface area contributed by atoms with Gasteiger partial charge in [0.15, 0.2) is 0 Å². The van der Waals surface area contributed by atoms with Crippen molar-refractivity contribution in [1.29, 1.82) is 0 Å². The van der Waals surface area contributed by atoms with E-state index in [1.165, 1.54) is 16.8 Å². The smallest absolute Gasteiger partial charge is 0.0366 e. The van der Waals surface area contributed by atoms with Gasteiger partial charge in [-0.15, -0.1) is 0 Å². The molecule has 2 N–H and O–H groups in total. The highest BCUT2D eigenvalue weighted by Gasteiger charge is 2.04. The summed E-state index contributed by atoms with van der Waals surface area (Å²) in [5, 5.41) is 0. The first-order valence-electron chi connectivity index (χ1n) is 6.76. The second-order valence-electron chi connectivity index (χ2n) is 4.56. The normalized spacial score (nSPS) is 10.4. The molecule has 100 valence electrons. The summed E-state index contributed by atoms with van der Waals surface area (Å²) in [6.45, 7) is 4.81. The summed E-state index contributed by atoms with van der Waals surface area (Å²) >= 11 is 0. The summed E-state index contributed by atoms with van der Waals surface area (Å²) in [7, 11) is 0. The van der Waals surface area contributed by atoms with Crippen molar-refractivity contribution in [1.82, 2.24) is 4.98 Å². The molecule has 0 radical (unpaired) electrons. The lowest BCUT2D eigenvalue weighted by Crippen LogP contribution is -2.25. The van der Waals surface area contributed by atoms with E-state index in [4.69, 9.17) is 5.73 Å². The minimum atomic E-state index is 0.601. The van der Waals surface area contributed by atoms with Gasteiger partial charge in [-0.05, 0) is 48.7 Å². The predicted octanol–water partition coefficient (Wildman–Crippen LogP) is 2.61. The molecule has 0 bridgehead atoms. The third kappa shape index (κ3) is 3.80. The van der Waals surface area contributed by atoms with E-state index >= 15 is 0 Å². The quantitative estimate of drug-likeness (QED) is 0.862. The summed E-state index contributed by atoms with van der Waals surface area (Å²) in [5.41, 5.74) is 9.38. The van der Waals surface area contributed by atoms with Crippen molar-refractivity contribution >= 4 is 5.69 Å². The van der Waals surface area contributed by atoms with Gasteiger partial charge in [-0.1, -0.05) is 12.1 Å². The van der Waals surface area contributed by atoms with E-state index in [0.717, 1.165) is 19.5 Å². The molecule has 0 aliphatic carbocycles. The van der Waals surface area contributed by atoms with Gasteiger partial charge < -0.3 is 10.6 Å². The Labute approximate surface area is 115 Å². The van der Waals surface area contributed by atoms with Gasteiger partial charge in [0, 0.05) is 37.7 Å². The van der Waals surface area contributed by atoms with Crippen molar-refractivity contribution in [3.8, 4) is 0 Å². The van der Waals surface area contributed by atoms with E-state index in [9.17, 15) is 0 Å². The summed E-state index contributed by atoms with van der Waals surface area (Å²) < 4.78 is 0. The van der Waals surface area contributed by atoms with Crippen LogP contribution in [-0.4, -0.2) is 18.1 Å². The van der Waals surface area contributed by atoms with Crippen LogP contribution in [0.2, 0.25) is 0 Å². The molecule has 1 aromatic heterocycles. The molecule has 0 atom stereocenters. The molecule has 0 unspecified atom stereocenters. The van der Waals surface area contributed by atoms with Crippen LogP contribution in [0.4, 0.5) is 5.69 Å². The molecule has 0 aliphatic heterocycles. The van der Waals surface area contributed by atoms with Crippen LogP contribution >= 0.6 is 0 Å². The van der Waals surface area contributed by atoms with Crippen LogP contribution in [0.15, 0.2) is 48.8 Å². The van der Waals surface area contributed by atoms with E-state index in [1.54, 1.807) is 0 Å². The zero-order valence-corrected chi connectivity index (χ0v) is 11.4. The molecule has 3 nitrogen and oxygen atoms in total. The van der Waals surface area contributed by atoms with Crippen LogP contribution in [0.25, 0.3) is 0 Å². The van der Waals surface area contributed by atoms with Gasteiger partial charge in [0.2, 0.25) is 0 Å². The maximum Gasteiger partial charge on any atom is 0.0366 e. The first-order valence-corrected chi connectivity index (χ1v) is 6.76. The Hall–Kier alpha value is -1.87. The van der Waals surface area contributed by atoms with Crippen molar-refractivity contribution in [2.45, 2.75) is 19.9 Å². The monoisotopic (exact) mass is 255 g/mol. The summed E-state index contributed by atoms with van der Waals surface area (Å²) in [6.07, 6.45) is 4.73. The Morgan fingerprint density at radius 2 is 1.68 bits per heavy atom. The molecule has 1 heterocycles. The molecule has 0 aliphatic rings. The number of rotatable bonds is 6. The number of benzene rings is 1. The zero-order chi connectivity index (χ0) is 13.5. The third-order valence-electron chi connectivity index (χ3n) is 3.34. The highest BCUT2D eigenvalue weighted by atomic mass is 15.1. The Kier molecular flexibility index (Phi) is 4.93. The maximum absolute atomic E-state index is 5.62. The number of aromatic nitrogens is 1. The molecule has 3 heteroatoms. The van der Waals surface area contributed by atoms with Crippen LogP contribution in [0.3, 0.4) is 0 Å². The fourth-order valence-electron chi connectivity index (χ4n) is 2.13. The minimum absolute atomic E-state index is 0.601.